The van der Waals surface area contributed by atoms with Gasteiger partial charge >= 0.3 is 0 Å². The summed E-state index contributed by atoms with van der Waals surface area (Å²) in [6.45, 7) is 1.42. The van der Waals surface area contributed by atoms with Gasteiger partial charge in [0.2, 0.25) is 0 Å². The van der Waals surface area contributed by atoms with Crippen molar-refractivity contribution < 1.29 is 9.13 Å². The molecule has 0 aliphatic rings. The van der Waals surface area contributed by atoms with Crippen LogP contribution in [0.3, 0.4) is 0 Å². The van der Waals surface area contributed by atoms with E-state index in [4.69, 9.17) is 4.74 Å². The van der Waals surface area contributed by atoms with Gasteiger partial charge < -0.3 is 10.1 Å². The first-order valence-electron chi connectivity index (χ1n) is 5.34. The Morgan fingerprint density at radius 1 is 1.47 bits per heavy atom. The fourth-order valence-electron chi connectivity index (χ4n) is 1.52. The summed E-state index contributed by atoms with van der Waals surface area (Å²) in [5.41, 5.74) is 0.732. The Balaban J connectivity index is 1.89. The molecule has 5 heteroatoms. The average Bonchev–Trinajstić information content (AvgIpc) is 2.82. The van der Waals surface area contributed by atoms with Crippen molar-refractivity contribution in [2.45, 2.75) is 6.54 Å². The van der Waals surface area contributed by atoms with Gasteiger partial charge in [0.25, 0.3) is 0 Å². The molecule has 2 aromatic rings. The predicted octanol–water partition coefficient (Wildman–Crippen LogP) is 2.14. The Kier molecular flexibility index (Phi) is 3.59. The quantitative estimate of drug-likeness (QED) is 0.863. The minimum absolute atomic E-state index is 0.252. The van der Waals surface area contributed by atoms with Crippen molar-refractivity contribution in [2.24, 2.45) is 0 Å². The highest BCUT2D eigenvalue weighted by Crippen LogP contribution is 2.20. The zero-order chi connectivity index (χ0) is 12.1. The normalized spacial score (nSPS) is 10.2. The van der Waals surface area contributed by atoms with E-state index in [9.17, 15) is 4.39 Å². The maximum atomic E-state index is 13.4. The number of rotatable bonds is 5. The first-order chi connectivity index (χ1) is 8.29. The molecular weight excluding hydrogens is 221 g/mol. The van der Waals surface area contributed by atoms with Crippen LogP contribution in [0.25, 0.3) is 0 Å². The van der Waals surface area contributed by atoms with Crippen LogP contribution in [0.5, 0.6) is 5.75 Å². The second-order valence-electron chi connectivity index (χ2n) is 3.55. The van der Waals surface area contributed by atoms with Gasteiger partial charge in [0.15, 0.2) is 11.6 Å². The number of anilines is 1. The average molecular weight is 235 g/mol. The Hall–Kier alpha value is -2.04. The van der Waals surface area contributed by atoms with Gasteiger partial charge in [-0.3, -0.25) is 4.68 Å². The molecule has 0 fully saturated rings. The van der Waals surface area contributed by atoms with E-state index in [0.717, 1.165) is 12.2 Å². The summed E-state index contributed by atoms with van der Waals surface area (Å²) in [7, 11) is 1.45. The van der Waals surface area contributed by atoms with Crippen molar-refractivity contribution in [2.75, 3.05) is 19.0 Å². The molecule has 90 valence electrons. The molecule has 4 nitrogen and oxygen atoms in total. The van der Waals surface area contributed by atoms with E-state index in [-0.39, 0.29) is 11.6 Å². The molecule has 0 saturated carbocycles. The summed E-state index contributed by atoms with van der Waals surface area (Å²) in [6, 6.07) is 6.67. The van der Waals surface area contributed by atoms with E-state index in [1.165, 1.54) is 13.2 Å². The van der Waals surface area contributed by atoms with Crippen LogP contribution in [-0.4, -0.2) is 23.4 Å². The molecule has 17 heavy (non-hydrogen) atoms. The maximum Gasteiger partial charge on any atom is 0.167 e. The molecule has 0 unspecified atom stereocenters. The van der Waals surface area contributed by atoms with Crippen LogP contribution in [0.2, 0.25) is 0 Å². The lowest BCUT2D eigenvalue weighted by molar-refractivity contribution is 0.386. The lowest BCUT2D eigenvalue weighted by Crippen LogP contribution is -2.10. The van der Waals surface area contributed by atoms with Gasteiger partial charge in [0.05, 0.1) is 13.7 Å². The zero-order valence-corrected chi connectivity index (χ0v) is 9.56. The lowest BCUT2D eigenvalue weighted by Gasteiger charge is -2.08. The van der Waals surface area contributed by atoms with Gasteiger partial charge in [-0.2, -0.15) is 5.10 Å². The second kappa shape index (κ2) is 5.34. The van der Waals surface area contributed by atoms with Crippen molar-refractivity contribution in [3.63, 3.8) is 0 Å². The summed E-state index contributed by atoms with van der Waals surface area (Å²) in [4.78, 5) is 0. The molecule has 0 saturated heterocycles. The first kappa shape index (κ1) is 11.4. The minimum Gasteiger partial charge on any atom is -0.494 e. The van der Waals surface area contributed by atoms with Crippen LogP contribution >= 0.6 is 0 Å². The number of ether oxygens (including phenoxy) is 1. The van der Waals surface area contributed by atoms with Gasteiger partial charge in [-0.05, 0) is 18.2 Å². The van der Waals surface area contributed by atoms with E-state index in [0.29, 0.717) is 6.54 Å². The summed E-state index contributed by atoms with van der Waals surface area (Å²) in [5.74, 6) is -0.112. The molecule has 1 aromatic carbocycles. The third-order valence-corrected chi connectivity index (χ3v) is 2.38. The van der Waals surface area contributed by atoms with Crippen LogP contribution in [0.15, 0.2) is 36.7 Å². The number of methoxy groups -OCH3 is 1. The molecule has 0 bridgehead atoms. The second-order valence-corrected chi connectivity index (χ2v) is 3.55. The SMILES string of the molecule is COc1ccc(NCCn2cccn2)cc1F. The molecule has 0 aliphatic heterocycles. The van der Waals surface area contributed by atoms with Crippen LogP contribution in [-0.2, 0) is 6.54 Å². The smallest absolute Gasteiger partial charge is 0.167 e. The molecule has 1 N–H and O–H groups in total. The molecule has 0 spiro atoms. The van der Waals surface area contributed by atoms with Crippen LogP contribution < -0.4 is 10.1 Å². The van der Waals surface area contributed by atoms with Crippen molar-refractivity contribution in [1.29, 1.82) is 0 Å². The predicted molar refractivity (Wildman–Crippen MR) is 63.7 cm³/mol. The van der Waals surface area contributed by atoms with Crippen molar-refractivity contribution in [1.82, 2.24) is 9.78 Å². The van der Waals surface area contributed by atoms with E-state index >= 15 is 0 Å². The lowest BCUT2D eigenvalue weighted by atomic mass is 10.3. The van der Waals surface area contributed by atoms with Crippen LogP contribution in [0.4, 0.5) is 10.1 Å². The van der Waals surface area contributed by atoms with Crippen molar-refractivity contribution in [3.8, 4) is 5.75 Å². The highest BCUT2D eigenvalue weighted by atomic mass is 19.1. The van der Waals surface area contributed by atoms with E-state index in [1.807, 2.05) is 16.9 Å². The van der Waals surface area contributed by atoms with Gasteiger partial charge in [0.1, 0.15) is 0 Å². The van der Waals surface area contributed by atoms with E-state index < -0.39 is 0 Å². The fraction of sp³-hybridized carbons (Fsp3) is 0.250. The molecule has 0 amide bonds. The monoisotopic (exact) mass is 235 g/mol. The van der Waals surface area contributed by atoms with Gasteiger partial charge in [-0.1, -0.05) is 0 Å². The van der Waals surface area contributed by atoms with Gasteiger partial charge in [0, 0.05) is 30.7 Å². The van der Waals surface area contributed by atoms with Crippen molar-refractivity contribution in [3.05, 3.63) is 42.5 Å². The number of aromatic nitrogens is 2. The van der Waals surface area contributed by atoms with Gasteiger partial charge in [-0.25, -0.2) is 4.39 Å². The third kappa shape index (κ3) is 2.96. The molecule has 2 rings (SSSR count). The Morgan fingerprint density at radius 2 is 2.35 bits per heavy atom. The number of benzene rings is 1. The van der Waals surface area contributed by atoms with E-state index in [1.54, 1.807) is 18.3 Å². The third-order valence-electron chi connectivity index (χ3n) is 2.38. The maximum absolute atomic E-state index is 13.4. The van der Waals surface area contributed by atoms with Crippen LogP contribution in [0, 0.1) is 5.82 Å². The topological polar surface area (TPSA) is 39.1 Å². The fourth-order valence-corrected chi connectivity index (χ4v) is 1.52. The zero-order valence-electron chi connectivity index (χ0n) is 9.56. The highest BCUT2D eigenvalue weighted by molar-refractivity contribution is 5.47. The number of halogens is 1. The molecule has 1 heterocycles. The van der Waals surface area contributed by atoms with Crippen molar-refractivity contribution >= 4 is 5.69 Å². The first-order valence-corrected chi connectivity index (χ1v) is 5.34. The summed E-state index contributed by atoms with van der Waals surface area (Å²) >= 11 is 0. The molecule has 0 radical (unpaired) electrons. The van der Waals surface area contributed by atoms with Crippen LogP contribution in [0.1, 0.15) is 0 Å². The summed E-state index contributed by atoms with van der Waals surface area (Å²) in [6.07, 6.45) is 3.61. The molecule has 0 aliphatic carbocycles. The number of nitrogens with zero attached hydrogens (tertiary/aromatic N) is 2. The number of hydrogen-bond acceptors (Lipinski definition) is 3. The molecule has 0 atom stereocenters. The molecular formula is C12H14FN3O. The number of hydrogen-bond donors (Lipinski definition) is 1. The van der Waals surface area contributed by atoms with Gasteiger partial charge in [-0.15, -0.1) is 0 Å². The summed E-state index contributed by atoms with van der Waals surface area (Å²) in [5, 5.41) is 7.19. The largest absolute Gasteiger partial charge is 0.494 e. The van der Waals surface area contributed by atoms with E-state index in [2.05, 4.69) is 10.4 Å². The Labute approximate surface area is 99.0 Å². The highest BCUT2D eigenvalue weighted by Gasteiger charge is 2.02. The summed E-state index contributed by atoms with van der Waals surface area (Å²) < 4.78 is 20.0. The Morgan fingerprint density at radius 3 is 3.00 bits per heavy atom. The molecule has 1 aromatic heterocycles. The minimum atomic E-state index is -0.364. The standard InChI is InChI=1S/C12H14FN3O/c1-17-12-4-3-10(9-11(12)13)14-6-8-16-7-2-5-15-16/h2-5,7,9,14H,6,8H2,1H3. The Bertz CT molecular complexity index is 471. The number of nitrogens with one attached hydrogen (secondary N) is 1.